The number of hydrogen-bond acceptors (Lipinski definition) is 3. The fourth-order valence-electron chi connectivity index (χ4n) is 1.56. The molecule has 2 aromatic heterocycles. The number of aromatic nitrogens is 2. The van der Waals surface area contributed by atoms with E-state index < -0.39 is 5.97 Å². The molecule has 0 amide bonds. The highest BCUT2D eigenvalue weighted by molar-refractivity contribution is 6.30. The summed E-state index contributed by atoms with van der Waals surface area (Å²) in [6.45, 7) is 0.481. The van der Waals surface area contributed by atoms with E-state index in [1.54, 1.807) is 29.8 Å². The SMILES string of the molecule is CNCc1nc(C(=O)O)c2ccc(Cl)cn12. The van der Waals surface area contributed by atoms with Gasteiger partial charge in [0.05, 0.1) is 17.1 Å². The smallest absolute Gasteiger partial charge is 0.356 e. The molecule has 0 bridgehead atoms. The number of carboxylic acid groups (broad SMARTS) is 1. The first kappa shape index (κ1) is 10.9. The van der Waals surface area contributed by atoms with Crippen LogP contribution in [0.15, 0.2) is 18.3 Å². The van der Waals surface area contributed by atoms with Crippen LogP contribution in [0.4, 0.5) is 0 Å². The second-order valence-electron chi connectivity index (χ2n) is 3.31. The van der Waals surface area contributed by atoms with Crippen LogP contribution in [-0.4, -0.2) is 27.5 Å². The van der Waals surface area contributed by atoms with Crippen LogP contribution in [0.2, 0.25) is 5.02 Å². The molecule has 2 rings (SSSR count). The number of carbonyl (C=O) groups is 1. The summed E-state index contributed by atoms with van der Waals surface area (Å²) >= 11 is 5.86. The normalized spacial score (nSPS) is 10.9. The minimum Gasteiger partial charge on any atom is -0.476 e. The average Bonchev–Trinajstić information content (AvgIpc) is 2.58. The van der Waals surface area contributed by atoms with Crippen LogP contribution in [0, 0.1) is 0 Å². The van der Waals surface area contributed by atoms with Gasteiger partial charge in [0.2, 0.25) is 0 Å². The topological polar surface area (TPSA) is 66.6 Å². The van der Waals surface area contributed by atoms with Crippen molar-refractivity contribution < 1.29 is 9.90 Å². The van der Waals surface area contributed by atoms with Crippen molar-refractivity contribution in [2.75, 3.05) is 7.05 Å². The van der Waals surface area contributed by atoms with Gasteiger partial charge in [0.25, 0.3) is 0 Å². The fraction of sp³-hybridized carbons (Fsp3) is 0.200. The minimum atomic E-state index is -1.04. The number of rotatable bonds is 3. The number of hydrogen-bond donors (Lipinski definition) is 2. The Morgan fingerprint density at radius 1 is 1.62 bits per heavy atom. The molecule has 0 radical (unpaired) electrons. The van der Waals surface area contributed by atoms with Gasteiger partial charge in [-0.15, -0.1) is 0 Å². The van der Waals surface area contributed by atoms with Crippen molar-refractivity contribution in [3.8, 4) is 0 Å². The third-order valence-corrected chi connectivity index (χ3v) is 2.43. The highest BCUT2D eigenvalue weighted by atomic mass is 35.5. The molecule has 0 aliphatic rings. The zero-order valence-electron chi connectivity index (χ0n) is 8.57. The van der Waals surface area contributed by atoms with Crippen LogP contribution in [0.1, 0.15) is 16.3 Å². The zero-order valence-corrected chi connectivity index (χ0v) is 9.32. The summed E-state index contributed by atoms with van der Waals surface area (Å²) in [6, 6.07) is 3.30. The van der Waals surface area contributed by atoms with Gasteiger partial charge in [0, 0.05) is 6.20 Å². The Balaban J connectivity index is 2.71. The molecule has 6 heteroatoms. The Kier molecular flexibility index (Phi) is 2.80. The Bertz CT molecular complexity index is 550. The zero-order chi connectivity index (χ0) is 11.7. The van der Waals surface area contributed by atoms with Crippen molar-refractivity contribution in [2.45, 2.75) is 6.54 Å². The van der Waals surface area contributed by atoms with Gasteiger partial charge in [0.1, 0.15) is 5.82 Å². The van der Waals surface area contributed by atoms with E-state index in [1.807, 2.05) is 0 Å². The highest BCUT2D eigenvalue weighted by Crippen LogP contribution is 2.17. The second kappa shape index (κ2) is 4.11. The molecular formula is C10H10ClN3O2. The Morgan fingerprint density at radius 3 is 3.00 bits per heavy atom. The lowest BCUT2D eigenvalue weighted by Crippen LogP contribution is -2.08. The molecule has 16 heavy (non-hydrogen) atoms. The lowest BCUT2D eigenvalue weighted by Gasteiger charge is -2.00. The molecular weight excluding hydrogens is 230 g/mol. The molecule has 0 aliphatic heterocycles. The number of carboxylic acids is 1. The van der Waals surface area contributed by atoms with E-state index in [2.05, 4.69) is 10.3 Å². The van der Waals surface area contributed by atoms with Crippen LogP contribution < -0.4 is 5.32 Å². The number of nitrogens with one attached hydrogen (secondary N) is 1. The highest BCUT2D eigenvalue weighted by Gasteiger charge is 2.15. The summed E-state index contributed by atoms with van der Waals surface area (Å²) in [6.07, 6.45) is 1.66. The molecule has 0 spiro atoms. The van der Waals surface area contributed by atoms with Gasteiger partial charge in [-0.3, -0.25) is 0 Å². The maximum absolute atomic E-state index is 11.0. The van der Waals surface area contributed by atoms with Crippen molar-refractivity contribution in [3.63, 3.8) is 0 Å². The van der Waals surface area contributed by atoms with Gasteiger partial charge in [-0.2, -0.15) is 0 Å². The molecule has 5 nitrogen and oxygen atoms in total. The van der Waals surface area contributed by atoms with Gasteiger partial charge < -0.3 is 14.8 Å². The first-order chi connectivity index (χ1) is 7.63. The molecule has 2 N–H and O–H groups in total. The van der Waals surface area contributed by atoms with Crippen LogP contribution in [0.5, 0.6) is 0 Å². The lowest BCUT2D eigenvalue weighted by molar-refractivity contribution is 0.0693. The van der Waals surface area contributed by atoms with Crippen molar-refractivity contribution >= 4 is 23.1 Å². The second-order valence-corrected chi connectivity index (χ2v) is 3.75. The van der Waals surface area contributed by atoms with E-state index >= 15 is 0 Å². The molecule has 0 atom stereocenters. The van der Waals surface area contributed by atoms with E-state index in [4.69, 9.17) is 16.7 Å². The third-order valence-electron chi connectivity index (χ3n) is 2.21. The molecule has 2 aromatic rings. The summed E-state index contributed by atoms with van der Waals surface area (Å²) in [5, 5.41) is 12.5. The predicted molar refractivity (Wildman–Crippen MR) is 59.9 cm³/mol. The number of aromatic carboxylic acids is 1. The van der Waals surface area contributed by atoms with Crippen molar-refractivity contribution in [3.05, 3.63) is 34.9 Å². The summed E-state index contributed by atoms with van der Waals surface area (Å²) in [4.78, 5) is 15.1. The largest absolute Gasteiger partial charge is 0.476 e. The first-order valence-electron chi connectivity index (χ1n) is 4.68. The number of pyridine rings is 1. The van der Waals surface area contributed by atoms with E-state index in [0.29, 0.717) is 22.9 Å². The summed E-state index contributed by atoms with van der Waals surface area (Å²) < 4.78 is 1.68. The number of imidazole rings is 1. The van der Waals surface area contributed by atoms with E-state index in [1.165, 1.54) is 0 Å². The lowest BCUT2D eigenvalue weighted by atomic mass is 10.3. The van der Waals surface area contributed by atoms with Gasteiger partial charge in [0.15, 0.2) is 5.69 Å². The molecule has 0 saturated carbocycles. The molecule has 0 aliphatic carbocycles. The number of halogens is 1. The summed E-state index contributed by atoms with van der Waals surface area (Å²) in [5.41, 5.74) is 0.587. The van der Waals surface area contributed by atoms with Gasteiger partial charge in [-0.25, -0.2) is 9.78 Å². The van der Waals surface area contributed by atoms with Crippen LogP contribution in [0.25, 0.3) is 5.52 Å². The van der Waals surface area contributed by atoms with Crippen LogP contribution >= 0.6 is 11.6 Å². The average molecular weight is 240 g/mol. The van der Waals surface area contributed by atoms with Crippen LogP contribution in [-0.2, 0) is 6.54 Å². The Morgan fingerprint density at radius 2 is 2.38 bits per heavy atom. The van der Waals surface area contributed by atoms with Crippen molar-refractivity contribution in [2.24, 2.45) is 0 Å². The summed E-state index contributed by atoms with van der Waals surface area (Å²) in [5.74, 6) is -0.417. The minimum absolute atomic E-state index is 0.0434. The van der Waals surface area contributed by atoms with E-state index in [0.717, 1.165) is 0 Å². The van der Waals surface area contributed by atoms with E-state index in [-0.39, 0.29) is 5.69 Å². The number of fused-ring (bicyclic) bond motifs is 1. The quantitative estimate of drug-likeness (QED) is 0.850. The van der Waals surface area contributed by atoms with Gasteiger partial charge >= 0.3 is 5.97 Å². The molecule has 0 fully saturated rings. The van der Waals surface area contributed by atoms with Gasteiger partial charge in [-0.1, -0.05) is 11.6 Å². The monoisotopic (exact) mass is 239 g/mol. The Labute approximate surface area is 96.7 Å². The third kappa shape index (κ3) is 1.75. The molecule has 0 saturated heterocycles. The van der Waals surface area contributed by atoms with Gasteiger partial charge in [-0.05, 0) is 19.2 Å². The number of nitrogens with zero attached hydrogens (tertiary/aromatic N) is 2. The fourth-order valence-corrected chi connectivity index (χ4v) is 1.72. The van der Waals surface area contributed by atoms with Crippen molar-refractivity contribution in [1.82, 2.24) is 14.7 Å². The maximum atomic E-state index is 11.0. The molecule has 84 valence electrons. The van der Waals surface area contributed by atoms with E-state index in [9.17, 15) is 4.79 Å². The molecule has 0 unspecified atom stereocenters. The maximum Gasteiger partial charge on any atom is 0.356 e. The van der Waals surface area contributed by atoms with Crippen LogP contribution in [0.3, 0.4) is 0 Å². The molecule has 0 aromatic carbocycles. The standard InChI is InChI=1S/C10H10ClN3O2/c1-12-4-8-13-9(10(15)16)7-3-2-6(11)5-14(7)8/h2-3,5,12H,4H2,1H3,(H,15,16). The molecule has 2 heterocycles. The summed E-state index contributed by atoms with van der Waals surface area (Å²) in [7, 11) is 1.77. The predicted octanol–water partition coefficient (Wildman–Crippen LogP) is 1.41. The van der Waals surface area contributed by atoms with Crippen molar-refractivity contribution in [1.29, 1.82) is 0 Å². The Hall–Kier alpha value is -1.59. The first-order valence-corrected chi connectivity index (χ1v) is 5.05.